The van der Waals surface area contributed by atoms with E-state index in [-0.39, 0.29) is 11.9 Å². The van der Waals surface area contributed by atoms with Crippen LogP contribution in [0.3, 0.4) is 0 Å². The number of hydrogen-bond acceptors (Lipinski definition) is 3. The molecule has 1 amide bonds. The molecule has 25 heavy (non-hydrogen) atoms. The Bertz CT molecular complexity index is 760. The Morgan fingerprint density at radius 2 is 1.92 bits per heavy atom. The lowest BCUT2D eigenvalue weighted by Gasteiger charge is -2.32. The highest BCUT2D eigenvalue weighted by Crippen LogP contribution is 2.37. The SMILES string of the molecule is COC(=O)C1=C(C)N(C2CCCCC2)C(=O)/C1=C\c1ccccc1Cl. The molecule has 5 heteroatoms. The highest BCUT2D eigenvalue weighted by molar-refractivity contribution is 6.32. The number of methoxy groups -OCH3 is 1. The average Bonchev–Trinajstić information content (AvgIpc) is 2.87. The van der Waals surface area contributed by atoms with E-state index in [0.717, 1.165) is 25.7 Å². The van der Waals surface area contributed by atoms with E-state index in [0.29, 0.717) is 27.4 Å². The second-order valence-corrected chi connectivity index (χ2v) is 6.91. The minimum Gasteiger partial charge on any atom is -0.465 e. The van der Waals surface area contributed by atoms with Crippen LogP contribution in [0.2, 0.25) is 5.02 Å². The maximum Gasteiger partial charge on any atom is 0.340 e. The first-order valence-corrected chi connectivity index (χ1v) is 9.01. The van der Waals surface area contributed by atoms with Crippen LogP contribution < -0.4 is 0 Å². The number of carbonyl (C=O) groups excluding carboxylic acids is 2. The maximum atomic E-state index is 13.1. The molecule has 0 radical (unpaired) electrons. The summed E-state index contributed by atoms with van der Waals surface area (Å²) in [5, 5.41) is 0.542. The molecule has 2 aliphatic rings. The molecule has 0 N–H and O–H groups in total. The van der Waals surface area contributed by atoms with Crippen molar-refractivity contribution in [2.45, 2.75) is 45.1 Å². The second kappa shape index (κ2) is 7.44. The lowest BCUT2D eigenvalue weighted by molar-refractivity contribution is -0.136. The number of nitrogens with zero attached hydrogens (tertiary/aromatic N) is 1. The van der Waals surface area contributed by atoms with Crippen LogP contribution >= 0.6 is 11.6 Å². The van der Waals surface area contributed by atoms with E-state index >= 15 is 0 Å². The van der Waals surface area contributed by atoms with Crippen LogP contribution in [0.15, 0.2) is 41.1 Å². The Kier molecular flexibility index (Phi) is 5.28. The van der Waals surface area contributed by atoms with Crippen molar-refractivity contribution in [3.63, 3.8) is 0 Å². The summed E-state index contributed by atoms with van der Waals surface area (Å²) in [5.41, 5.74) is 2.11. The molecule has 0 saturated heterocycles. The first kappa shape index (κ1) is 17.7. The van der Waals surface area contributed by atoms with Crippen molar-refractivity contribution in [3.05, 3.63) is 51.7 Å². The molecule has 1 heterocycles. The fourth-order valence-electron chi connectivity index (χ4n) is 3.72. The molecule has 0 unspecified atom stereocenters. The molecule has 1 aliphatic heterocycles. The maximum absolute atomic E-state index is 13.1. The molecule has 0 spiro atoms. The van der Waals surface area contributed by atoms with Crippen molar-refractivity contribution in [1.82, 2.24) is 4.90 Å². The van der Waals surface area contributed by atoms with Gasteiger partial charge in [0.2, 0.25) is 0 Å². The van der Waals surface area contributed by atoms with E-state index in [1.807, 2.05) is 25.1 Å². The first-order chi connectivity index (χ1) is 12.0. The standard InChI is InChI=1S/C20H22ClNO3/c1-13-18(20(24)25-2)16(12-14-8-6-7-11-17(14)21)19(23)22(13)15-9-4-3-5-10-15/h6-8,11-12,15H,3-5,9-10H2,1-2H3/b16-12-. The molecule has 0 aromatic heterocycles. The second-order valence-electron chi connectivity index (χ2n) is 6.50. The van der Waals surface area contributed by atoms with E-state index in [2.05, 4.69) is 0 Å². The predicted molar refractivity (Wildman–Crippen MR) is 97.9 cm³/mol. The van der Waals surface area contributed by atoms with Gasteiger partial charge in [-0.25, -0.2) is 4.79 Å². The normalized spacial score (nSPS) is 20.5. The van der Waals surface area contributed by atoms with Crippen molar-refractivity contribution < 1.29 is 14.3 Å². The Morgan fingerprint density at radius 3 is 2.56 bits per heavy atom. The number of rotatable bonds is 3. The molecule has 1 aromatic rings. The quantitative estimate of drug-likeness (QED) is 0.595. The van der Waals surface area contributed by atoms with Gasteiger partial charge in [0.15, 0.2) is 0 Å². The smallest absolute Gasteiger partial charge is 0.340 e. The summed E-state index contributed by atoms with van der Waals surface area (Å²) in [5.74, 6) is -0.618. The first-order valence-electron chi connectivity index (χ1n) is 8.64. The van der Waals surface area contributed by atoms with Crippen LogP contribution in [0.1, 0.15) is 44.6 Å². The van der Waals surface area contributed by atoms with Gasteiger partial charge >= 0.3 is 5.97 Å². The Hall–Kier alpha value is -2.07. The van der Waals surface area contributed by atoms with Crippen LogP contribution in [0.5, 0.6) is 0 Å². The molecule has 1 aliphatic carbocycles. The van der Waals surface area contributed by atoms with E-state index in [1.165, 1.54) is 13.5 Å². The molecule has 1 aromatic carbocycles. The van der Waals surface area contributed by atoms with E-state index in [1.54, 1.807) is 17.0 Å². The monoisotopic (exact) mass is 359 g/mol. The Balaban J connectivity index is 2.06. The third-order valence-corrected chi connectivity index (χ3v) is 5.32. The largest absolute Gasteiger partial charge is 0.465 e. The lowest BCUT2D eigenvalue weighted by atomic mass is 9.94. The molecule has 132 valence electrons. The lowest BCUT2D eigenvalue weighted by Crippen LogP contribution is -2.37. The van der Waals surface area contributed by atoms with Gasteiger partial charge in [0.25, 0.3) is 5.91 Å². The minimum atomic E-state index is -0.484. The zero-order valence-electron chi connectivity index (χ0n) is 14.5. The molecular weight excluding hydrogens is 338 g/mol. The number of amides is 1. The van der Waals surface area contributed by atoms with Gasteiger partial charge < -0.3 is 9.64 Å². The zero-order valence-corrected chi connectivity index (χ0v) is 15.3. The highest BCUT2D eigenvalue weighted by atomic mass is 35.5. The zero-order chi connectivity index (χ0) is 18.0. The average molecular weight is 360 g/mol. The molecule has 0 atom stereocenters. The van der Waals surface area contributed by atoms with Crippen LogP contribution in [-0.4, -0.2) is 29.9 Å². The van der Waals surface area contributed by atoms with Gasteiger partial charge in [-0.15, -0.1) is 0 Å². The number of allylic oxidation sites excluding steroid dienone is 1. The number of halogens is 1. The fraction of sp³-hybridized carbons (Fsp3) is 0.400. The highest BCUT2D eigenvalue weighted by Gasteiger charge is 2.40. The number of benzene rings is 1. The van der Waals surface area contributed by atoms with Crippen LogP contribution in [-0.2, 0) is 14.3 Å². The summed E-state index contributed by atoms with van der Waals surface area (Å²) >= 11 is 6.23. The molecule has 0 bridgehead atoms. The van der Waals surface area contributed by atoms with Crippen LogP contribution in [0, 0.1) is 0 Å². The van der Waals surface area contributed by atoms with Crippen LogP contribution in [0.4, 0.5) is 0 Å². The van der Waals surface area contributed by atoms with Gasteiger partial charge in [0, 0.05) is 16.8 Å². The number of carbonyl (C=O) groups is 2. The molecule has 1 saturated carbocycles. The molecule has 4 nitrogen and oxygen atoms in total. The minimum absolute atomic E-state index is 0.135. The summed E-state index contributed by atoms with van der Waals surface area (Å²) in [6.07, 6.45) is 7.06. The van der Waals surface area contributed by atoms with Crippen LogP contribution in [0.25, 0.3) is 6.08 Å². The van der Waals surface area contributed by atoms with Gasteiger partial charge in [-0.2, -0.15) is 0 Å². The number of esters is 1. The Labute approximate surface area is 153 Å². The molecular formula is C20H22ClNO3. The summed E-state index contributed by atoms with van der Waals surface area (Å²) in [4.78, 5) is 27.3. The van der Waals surface area contributed by atoms with Gasteiger partial charge in [0.05, 0.1) is 18.3 Å². The third-order valence-electron chi connectivity index (χ3n) is 4.98. The van der Waals surface area contributed by atoms with Crippen molar-refractivity contribution in [3.8, 4) is 0 Å². The van der Waals surface area contributed by atoms with Gasteiger partial charge in [0.1, 0.15) is 0 Å². The van der Waals surface area contributed by atoms with E-state index in [9.17, 15) is 9.59 Å². The predicted octanol–water partition coefficient (Wildman–Crippen LogP) is 4.35. The molecule has 1 fully saturated rings. The van der Waals surface area contributed by atoms with Crippen molar-refractivity contribution in [1.29, 1.82) is 0 Å². The van der Waals surface area contributed by atoms with Crippen molar-refractivity contribution >= 4 is 29.6 Å². The summed E-state index contributed by atoms with van der Waals surface area (Å²) < 4.78 is 4.94. The summed E-state index contributed by atoms with van der Waals surface area (Å²) in [6.45, 7) is 1.83. The van der Waals surface area contributed by atoms with Gasteiger partial charge in [-0.1, -0.05) is 49.1 Å². The van der Waals surface area contributed by atoms with E-state index in [4.69, 9.17) is 16.3 Å². The van der Waals surface area contributed by atoms with Gasteiger partial charge in [-0.3, -0.25) is 4.79 Å². The topological polar surface area (TPSA) is 46.6 Å². The summed E-state index contributed by atoms with van der Waals surface area (Å²) in [6, 6.07) is 7.43. The Morgan fingerprint density at radius 1 is 1.24 bits per heavy atom. The van der Waals surface area contributed by atoms with Crippen molar-refractivity contribution in [2.24, 2.45) is 0 Å². The fourth-order valence-corrected chi connectivity index (χ4v) is 3.91. The van der Waals surface area contributed by atoms with E-state index < -0.39 is 5.97 Å². The summed E-state index contributed by atoms with van der Waals surface area (Å²) in [7, 11) is 1.34. The molecule has 3 rings (SSSR count). The number of ether oxygens (including phenoxy) is 1. The third kappa shape index (κ3) is 3.36. The number of hydrogen-bond donors (Lipinski definition) is 0. The van der Waals surface area contributed by atoms with Gasteiger partial charge in [-0.05, 0) is 37.5 Å². The van der Waals surface area contributed by atoms with Crippen molar-refractivity contribution in [2.75, 3.05) is 7.11 Å².